The maximum Gasteiger partial charge on any atom is 0.269 e. The second kappa shape index (κ2) is 5.12. The van der Waals surface area contributed by atoms with Crippen molar-refractivity contribution < 1.29 is 4.79 Å². The van der Waals surface area contributed by atoms with Gasteiger partial charge >= 0.3 is 0 Å². The van der Waals surface area contributed by atoms with E-state index < -0.39 is 5.91 Å². The summed E-state index contributed by atoms with van der Waals surface area (Å²) in [5.41, 5.74) is 5.29. The monoisotopic (exact) mass is 234 g/mol. The number of nitrogens with two attached hydrogens (primary N) is 1. The third-order valence-electron chi connectivity index (χ3n) is 3.29. The third kappa shape index (κ3) is 3.15. The molecular formula is C12H18N4O. The minimum absolute atomic E-state index is 0.199. The fourth-order valence-corrected chi connectivity index (χ4v) is 2.32. The van der Waals surface area contributed by atoms with Crippen molar-refractivity contribution in [2.45, 2.75) is 26.2 Å². The highest BCUT2D eigenvalue weighted by Crippen LogP contribution is 2.30. The van der Waals surface area contributed by atoms with Crippen molar-refractivity contribution >= 4 is 11.7 Å². The van der Waals surface area contributed by atoms with Gasteiger partial charge < -0.3 is 11.1 Å². The van der Waals surface area contributed by atoms with Crippen LogP contribution in [0.2, 0.25) is 0 Å². The number of hydrogen-bond donors (Lipinski definition) is 2. The minimum atomic E-state index is -0.548. The number of anilines is 1. The molecule has 1 heterocycles. The Labute approximate surface area is 101 Å². The zero-order valence-electron chi connectivity index (χ0n) is 10.0. The Balaban J connectivity index is 1.85. The van der Waals surface area contributed by atoms with Crippen LogP contribution in [0.25, 0.3) is 0 Å². The van der Waals surface area contributed by atoms with Crippen molar-refractivity contribution in [1.82, 2.24) is 10.2 Å². The van der Waals surface area contributed by atoms with Crippen LogP contribution in [0.3, 0.4) is 0 Å². The standard InChI is InChI=1S/C12H18N4O/c1-8-2-3-9(6-8)7-14-11-5-4-10(12(13)17)15-16-11/h4-5,8-9H,2-3,6-7H2,1H3,(H2,13,17)(H,14,16). The topological polar surface area (TPSA) is 80.9 Å². The third-order valence-corrected chi connectivity index (χ3v) is 3.29. The van der Waals surface area contributed by atoms with Crippen LogP contribution in [-0.4, -0.2) is 22.6 Å². The highest BCUT2D eigenvalue weighted by atomic mass is 16.1. The number of carbonyl (C=O) groups excluding carboxylic acids is 1. The van der Waals surface area contributed by atoms with Gasteiger partial charge in [0.15, 0.2) is 5.69 Å². The van der Waals surface area contributed by atoms with Gasteiger partial charge in [0.05, 0.1) is 0 Å². The molecule has 1 saturated carbocycles. The predicted octanol–water partition coefficient (Wildman–Crippen LogP) is 1.42. The average Bonchev–Trinajstić information content (AvgIpc) is 2.73. The van der Waals surface area contributed by atoms with E-state index >= 15 is 0 Å². The second-order valence-electron chi connectivity index (χ2n) is 4.83. The Morgan fingerprint density at radius 3 is 2.82 bits per heavy atom. The molecule has 1 amide bonds. The van der Waals surface area contributed by atoms with Gasteiger partial charge in [0.1, 0.15) is 5.82 Å². The summed E-state index contributed by atoms with van der Waals surface area (Å²) in [6.45, 7) is 3.22. The van der Waals surface area contributed by atoms with Crippen molar-refractivity contribution in [3.63, 3.8) is 0 Å². The van der Waals surface area contributed by atoms with E-state index in [1.165, 1.54) is 19.3 Å². The Morgan fingerprint density at radius 1 is 1.47 bits per heavy atom. The summed E-state index contributed by atoms with van der Waals surface area (Å²) in [5.74, 6) is 1.72. The van der Waals surface area contributed by atoms with E-state index in [1.54, 1.807) is 12.1 Å². The molecule has 1 aromatic heterocycles. The first-order valence-corrected chi connectivity index (χ1v) is 6.02. The van der Waals surface area contributed by atoms with Gasteiger partial charge in [0, 0.05) is 6.54 Å². The zero-order chi connectivity index (χ0) is 12.3. The lowest BCUT2D eigenvalue weighted by Crippen LogP contribution is -2.16. The van der Waals surface area contributed by atoms with Crippen LogP contribution >= 0.6 is 0 Å². The van der Waals surface area contributed by atoms with Crippen LogP contribution in [0.15, 0.2) is 12.1 Å². The van der Waals surface area contributed by atoms with E-state index in [1.807, 2.05) is 0 Å². The average molecular weight is 234 g/mol. The van der Waals surface area contributed by atoms with Gasteiger partial charge in [-0.25, -0.2) is 0 Å². The number of aromatic nitrogens is 2. The quantitative estimate of drug-likeness (QED) is 0.825. The molecule has 3 N–H and O–H groups in total. The molecule has 17 heavy (non-hydrogen) atoms. The van der Waals surface area contributed by atoms with Crippen LogP contribution in [0.1, 0.15) is 36.7 Å². The van der Waals surface area contributed by atoms with Gasteiger partial charge in [-0.2, -0.15) is 0 Å². The summed E-state index contributed by atoms with van der Waals surface area (Å²) in [5, 5.41) is 10.9. The van der Waals surface area contributed by atoms with Crippen molar-refractivity contribution in [3.05, 3.63) is 17.8 Å². The molecule has 0 spiro atoms. The Bertz CT molecular complexity index is 390. The molecule has 1 aliphatic rings. The smallest absolute Gasteiger partial charge is 0.269 e. The molecule has 1 aromatic rings. The maximum atomic E-state index is 10.8. The fraction of sp³-hybridized carbons (Fsp3) is 0.583. The highest BCUT2D eigenvalue weighted by molar-refractivity contribution is 5.90. The van der Waals surface area contributed by atoms with E-state index in [-0.39, 0.29) is 5.69 Å². The van der Waals surface area contributed by atoms with Gasteiger partial charge in [-0.15, -0.1) is 10.2 Å². The van der Waals surface area contributed by atoms with Gasteiger partial charge in [-0.1, -0.05) is 13.3 Å². The first-order chi connectivity index (χ1) is 8.15. The Hall–Kier alpha value is -1.65. The molecule has 1 aliphatic carbocycles. The van der Waals surface area contributed by atoms with Crippen molar-refractivity contribution in [3.8, 4) is 0 Å². The summed E-state index contributed by atoms with van der Waals surface area (Å²) >= 11 is 0. The van der Waals surface area contributed by atoms with Crippen LogP contribution in [0, 0.1) is 11.8 Å². The van der Waals surface area contributed by atoms with Crippen molar-refractivity contribution in [1.29, 1.82) is 0 Å². The van der Waals surface area contributed by atoms with Crippen molar-refractivity contribution in [2.24, 2.45) is 17.6 Å². The number of amides is 1. The molecule has 2 unspecified atom stereocenters. The number of hydrogen-bond acceptors (Lipinski definition) is 4. The molecule has 0 aliphatic heterocycles. The molecular weight excluding hydrogens is 216 g/mol. The number of rotatable bonds is 4. The minimum Gasteiger partial charge on any atom is -0.368 e. The first kappa shape index (κ1) is 11.8. The molecule has 0 radical (unpaired) electrons. The number of primary amides is 1. The second-order valence-corrected chi connectivity index (χ2v) is 4.83. The summed E-state index contributed by atoms with van der Waals surface area (Å²) in [6, 6.07) is 3.33. The van der Waals surface area contributed by atoms with Crippen LogP contribution in [0.5, 0.6) is 0 Å². The first-order valence-electron chi connectivity index (χ1n) is 6.02. The van der Waals surface area contributed by atoms with Gasteiger partial charge in [-0.3, -0.25) is 4.79 Å². The number of carbonyl (C=O) groups is 1. The van der Waals surface area contributed by atoms with E-state index in [0.29, 0.717) is 5.82 Å². The van der Waals surface area contributed by atoms with Crippen LogP contribution in [-0.2, 0) is 0 Å². The van der Waals surface area contributed by atoms with E-state index in [4.69, 9.17) is 5.73 Å². The lowest BCUT2D eigenvalue weighted by atomic mass is 10.1. The van der Waals surface area contributed by atoms with E-state index in [2.05, 4.69) is 22.4 Å². The Kier molecular flexibility index (Phi) is 3.56. The van der Waals surface area contributed by atoms with Gasteiger partial charge in [0.25, 0.3) is 5.91 Å². The summed E-state index contributed by atoms with van der Waals surface area (Å²) < 4.78 is 0. The molecule has 2 rings (SSSR count). The Morgan fingerprint density at radius 2 is 2.29 bits per heavy atom. The van der Waals surface area contributed by atoms with Gasteiger partial charge in [-0.05, 0) is 36.8 Å². The van der Waals surface area contributed by atoms with Gasteiger partial charge in [0.2, 0.25) is 0 Å². The molecule has 2 atom stereocenters. The lowest BCUT2D eigenvalue weighted by Gasteiger charge is -2.11. The number of nitrogens with zero attached hydrogens (tertiary/aromatic N) is 2. The molecule has 0 bridgehead atoms. The fourth-order valence-electron chi connectivity index (χ4n) is 2.32. The van der Waals surface area contributed by atoms with E-state index in [9.17, 15) is 4.79 Å². The molecule has 92 valence electrons. The van der Waals surface area contributed by atoms with Crippen LogP contribution in [0.4, 0.5) is 5.82 Å². The number of nitrogens with one attached hydrogen (secondary N) is 1. The molecule has 5 nitrogen and oxygen atoms in total. The molecule has 5 heteroatoms. The molecule has 0 aromatic carbocycles. The summed E-state index contributed by atoms with van der Waals surface area (Å²) in [4.78, 5) is 10.8. The van der Waals surface area contributed by atoms with Crippen molar-refractivity contribution in [2.75, 3.05) is 11.9 Å². The maximum absolute atomic E-state index is 10.8. The predicted molar refractivity (Wildman–Crippen MR) is 65.5 cm³/mol. The van der Waals surface area contributed by atoms with Crippen LogP contribution < -0.4 is 11.1 Å². The SMILES string of the molecule is CC1CCC(CNc2ccc(C(N)=O)nn2)C1. The molecule has 0 saturated heterocycles. The zero-order valence-corrected chi connectivity index (χ0v) is 10.0. The molecule has 1 fully saturated rings. The lowest BCUT2D eigenvalue weighted by molar-refractivity contribution is 0.0994. The normalized spacial score (nSPS) is 23.6. The van der Waals surface area contributed by atoms with E-state index in [0.717, 1.165) is 18.4 Å². The summed E-state index contributed by atoms with van der Waals surface area (Å²) in [6.07, 6.45) is 3.87. The summed E-state index contributed by atoms with van der Waals surface area (Å²) in [7, 11) is 0. The highest BCUT2D eigenvalue weighted by Gasteiger charge is 2.20. The largest absolute Gasteiger partial charge is 0.368 e.